The number of aromatic nitrogens is 3. The number of anilines is 2. The highest BCUT2D eigenvalue weighted by Gasteiger charge is 2.21. The third kappa shape index (κ3) is 4.82. The van der Waals surface area contributed by atoms with Crippen molar-refractivity contribution in [2.45, 2.75) is 14.9 Å². The summed E-state index contributed by atoms with van der Waals surface area (Å²) in [6.07, 6.45) is 1.89. The molecule has 0 radical (unpaired) electrons. The van der Waals surface area contributed by atoms with Gasteiger partial charge in [-0.05, 0) is 29.8 Å². The number of nitrogens with one attached hydrogen (secondary N) is 1. The Morgan fingerprint density at radius 2 is 1.71 bits per heavy atom. The summed E-state index contributed by atoms with van der Waals surface area (Å²) in [6, 6.07) is 4.06. The summed E-state index contributed by atoms with van der Waals surface area (Å²) in [7, 11) is -9.22. The molecule has 8 N–H and O–H groups in total. The number of aromatic hydroxyl groups is 1. The van der Waals surface area contributed by atoms with E-state index < -0.39 is 35.8 Å². The summed E-state index contributed by atoms with van der Waals surface area (Å²) in [6.45, 7) is 0. The first kappa shape index (κ1) is 21.7. The van der Waals surface area contributed by atoms with Crippen LogP contribution in [0.3, 0.4) is 0 Å². The van der Waals surface area contributed by atoms with Crippen LogP contribution in [0, 0.1) is 0 Å². The highest BCUT2D eigenvalue weighted by Crippen LogP contribution is 2.36. The van der Waals surface area contributed by atoms with Crippen LogP contribution in [-0.4, -0.2) is 52.5 Å². The SMILES string of the molecule is CSc1n[nH]c(N)n1.Nc1c(O)c(S(=O)(=O)O)cc2cc(S(=O)(=O)O)ccc12. The number of phenolic OH excluding ortho intramolecular Hbond substituents is 1. The lowest BCUT2D eigenvalue weighted by Crippen LogP contribution is -2.02. The maximum atomic E-state index is 11.1. The topological polar surface area (TPSA) is 223 Å². The van der Waals surface area contributed by atoms with Crippen LogP contribution < -0.4 is 11.5 Å². The Morgan fingerprint density at radius 1 is 1.07 bits per heavy atom. The van der Waals surface area contributed by atoms with Gasteiger partial charge in [0, 0.05) is 5.39 Å². The molecule has 0 saturated heterocycles. The van der Waals surface area contributed by atoms with E-state index in [1.165, 1.54) is 17.8 Å². The van der Waals surface area contributed by atoms with Gasteiger partial charge >= 0.3 is 0 Å². The van der Waals surface area contributed by atoms with Crippen LogP contribution in [0.1, 0.15) is 0 Å². The fraction of sp³-hybridized carbons (Fsp3) is 0.0769. The van der Waals surface area contributed by atoms with Gasteiger partial charge < -0.3 is 16.6 Å². The van der Waals surface area contributed by atoms with Gasteiger partial charge in [-0.3, -0.25) is 9.11 Å². The molecule has 0 fully saturated rings. The Hall–Kier alpha value is -2.59. The Morgan fingerprint density at radius 3 is 2.14 bits per heavy atom. The second-order valence-electron chi connectivity index (χ2n) is 5.18. The molecule has 0 amide bonds. The number of benzene rings is 2. The number of nitrogens with two attached hydrogens (primary N) is 2. The van der Waals surface area contributed by atoms with Crippen LogP contribution in [0.2, 0.25) is 0 Å². The molecule has 3 rings (SSSR count). The van der Waals surface area contributed by atoms with E-state index in [4.69, 9.17) is 20.6 Å². The second-order valence-corrected chi connectivity index (χ2v) is 8.76. The zero-order valence-corrected chi connectivity index (χ0v) is 16.5. The van der Waals surface area contributed by atoms with Crippen molar-refractivity contribution in [2.75, 3.05) is 17.7 Å². The van der Waals surface area contributed by atoms with Gasteiger partial charge in [-0.2, -0.15) is 21.8 Å². The second kappa shape index (κ2) is 7.80. The number of hydrogen-bond acceptors (Lipinski definition) is 10. The van der Waals surface area contributed by atoms with Crippen molar-refractivity contribution in [2.24, 2.45) is 0 Å². The molecule has 152 valence electrons. The first-order valence-corrected chi connectivity index (χ1v) is 11.2. The van der Waals surface area contributed by atoms with Crippen LogP contribution in [0.4, 0.5) is 11.6 Å². The molecular weight excluding hydrogens is 434 g/mol. The average molecular weight is 449 g/mol. The number of hydrogen-bond donors (Lipinski definition) is 6. The Kier molecular flexibility index (Phi) is 6.05. The molecule has 0 aliphatic carbocycles. The summed E-state index contributed by atoms with van der Waals surface area (Å²) in [4.78, 5) is 2.48. The third-order valence-electron chi connectivity index (χ3n) is 3.33. The van der Waals surface area contributed by atoms with Crippen LogP contribution in [0.15, 0.2) is 39.2 Å². The van der Waals surface area contributed by atoms with E-state index in [9.17, 15) is 21.9 Å². The predicted molar refractivity (Wildman–Crippen MR) is 102 cm³/mol. The first-order valence-electron chi connectivity index (χ1n) is 7.06. The fourth-order valence-corrected chi connectivity index (χ4v) is 3.55. The molecule has 0 spiro atoms. The molecule has 3 aromatic rings. The van der Waals surface area contributed by atoms with E-state index in [-0.39, 0.29) is 16.5 Å². The molecular formula is C13H15N5O7S3. The molecule has 0 bridgehead atoms. The van der Waals surface area contributed by atoms with Gasteiger partial charge in [-0.1, -0.05) is 17.8 Å². The number of H-pyrrole nitrogens is 1. The summed E-state index contributed by atoms with van der Waals surface area (Å²) in [5, 5.41) is 16.7. The number of rotatable bonds is 3. The van der Waals surface area contributed by atoms with Crippen molar-refractivity contribution in [3.63, 3.8) is 0 Å². The first-order chi connectivity index (χ1) is 12.8. The number of fused-ring (bicyclic) bond motifs is 1. The van der Waals surface area contributed by atoms with Crippen LogP contribution in [0.5, 0.6) is 5.75 Å². The van der Waals surface area contributed by atoms with Gasteiger partial charge in [0.25, 0.3) is 20.2 Å². The van der Waals surface area contributed by atoms with Gasteiger partial charge in [0.1, 0.15) is 4.90 Å². The van der Waals surface area contributed by atoms with Gasteiger partial charge in [0.15, 0.2) is 5.75 Å². The Labute approximate surface area is 163 Å². The molecule has 0 atom stereocenters. The lowest BCUT2D eigenvalue weighted by molar-refractivity contribution is 0.446. The molecule has 28 heavy (non-hydrogen) atoms. The minimum absolute atomic E-state index is 0.0167. The van der Waals surface area contributed by atoms with Gasteiger partial charge in [-0.15, -0.1) is 5.10 Å². The molecule has 0 aliphatic rings. The zero-order chi connectivity index (χ0) is 21.3. The maximum Gasteiger partial charge on any atom is 0.298 e. The van der Waals surface area contributed by atoms with E-state index >= 15 is 0 Å². The van der Waals surface area contributed by atoms with Crippen LogP contribution in [0.25, 0.3) is 10.8 Å². The average Bonchev–Trinajstić information content (AvgIpc) is 3.02. The minimum Gasteiger partial charge on any atom is -0.504 e. The molecule has 0 unspecified atom stereocenters. The highest BCUT2D eigenvalue weighted by molar-refractivity contribution is 7.98. The number of nitrogen functional groups attached to an aromatic ring is 2. The third-order valence-corrected chi connectivity index (χ3v) is 5.59. The zero-order valence-electron chi connectivity index (χ0n) is 14.1. The van der Waals surface area contributed by atoms with Crippen LogP contribution >= 0.6 is 11.8 Å². The molecule has 15 heteroatoms. The van der Waals surface area contributed by atoms with Crippen molar-refractivity contribution in [1.82, 2.24) is 15.2 Å². The molecule has 0 saturated carbocycles. The summed E-state index contributed by atoms with van der Waals surface area (Å²) < 4.78 is 62.1. The van der Waals surface area contributed by atoms with Crippen molar-refractivity contribution in [3.8, 4) is 5.75 Å². The van der Waals surface area contributed by atoms with Crippen molar-refractivity contribution in [1.29, 1.82) is 0 Å². The lowest BCUT2D eigenvalue weighted by atomic mass is 10.1. The molecule has 1 aromatic heterocycles. The lowest BCUT2D eigenvalue weighted by Gasteiger charge is -2.09. The normalized spacial score (nSPS) is 11.8. The number of phenols is 1. The Bertz CT molecular complexity index is 1240. The Balaban J connectivity index is 0.000000292. The number of nitrogens with zero attached hydrogens (tertiary/aromatic N) is 2. The van der Waals surface area contributed by atoms with E-state index in [1.54, 1.807) is 0 Å². The number of aromatic amines is 1. The van der Waals surface area contributed by atoms with Gasteiger partial charge in [-0.25, -0.2) is 5.10 Å². The standard InChI is InChI=1S/C10H9NO7S2.C3H6N4S/c11-9-7-2-1-6(19(13,14)15)3-5(7)4-8(10(9)12)20(16,17)18;1-8-3-5-2(4)6-7-3/h1-4,12H,11H2,(H,13,14,15)(H,16,17,18);1H3,(H3,4,5,6,7). The minimum atomic E-state index is -4.74. The molecule has 12 nitrogen and oxygen atoms in total. The van der Waals surface area contributed by atoms with E-state index in [0.717, 1.165) is 18.2 Å². The number of thioether (sulfide) groups is 1. The fourth-order valence-electron chi connectivity index (χ4n) is 2.08. The molecule has 2 aromatic carbocycles. The van der Waals surface area contributed by atoms with Crippen molar-refractivity contribution >= 4 is 54.4 Å². The summed E-state index contributed by atoms with van der Waals surface area (Å²) >= 11 is 1.46. The molecule has 1 heterocycles. The molecule has 0 aliphatic heterocycles. The van der Waals surface area contributed by atoms with Gasteiger partial charge in [0.05, 0.1) is 10.6 Å². The smallest absolute Gasteiger partial charge is 0.298 e. The van der Waals surface area contributed by atoms with Crippen molar-refractivity contribution in [3.05, 3.63) is 24.3 Å². The van der Waals surface area contributed by atoms with Crippen molar-refractivity contribution < 1.29 is 31.0 Å². The monoisotopic (exact) mass is 449 g/mol. The van der Waals surface area contributed by atoms with E-state index in [0.29, 0.717) is 11.1 Å². The van der Waals surface area contributed by atoms with E-state index in [1.807, 2.05) is 6.26 Å². The summed E-state index contributed by atoms with van der Waals surface area (Å²) in [5.74, 6) is -0.464. The largest absolute Gasteiger partial charge is 0.504 e. The van der Waals surface area contributed by atoms with Gasteiger partial charge in [0.2, 0.25) is 11.1 Å². The van der Waals surface area contributed by atoms with Crippen LogP contribution in [-0.2, 0) is 20.2 Å². The van der Waals surface area contributed by atoms with E-state index in [2.05, 4.69) is 15.2 Å². The maximum absolute atomic E-state index is 11.1. The predicted octanol–water partition coefficient (Wildman–Crippen LogP) is 0.730. The quantitative estimate of drug-likeness (QED) is 0.141. The summed E-state index contributed by atoms with van der Waals surface area (Å²) in [5.41, 5.74) is 10.4. The highest BCUT2D eigenvalue weighted by atomic mass is 32.2.